The van der Waals surface area contributed by atoms with Crippen LogP contribution >= 0.6 is 21.6 Å². The molecule has 4 heteroatoms. The van der Waals surface area contributed by atoms with Gasteiger partial charge in [-0.05, 0) is 50.4 Å². The highest BCUT2D eigenvalue weighted by molar-refractivity contribution is 8.76. The standard InChI is InChI=1S/C12H24N2S2/c13-11-3-1-9(5-11)7-15-16-8-10-2-4-12(14)6-10/h9-12H,1-8,13-14H2/t9-,10+,11+,12-. The van der Waals surface area contributed by atoms with E-state index in [0.717, 1.165) is 11.8 Å². The highest BCUT2D eigenvalue weighted by Crippen LogP contribution is 2.35. The van der Waals surface area contributed by atoms with E-state index in [4.69, 9.17) is 11.5 Å². The van der Waals surface area contributed by atoms with Gasteiger partial charge in [0, 0.05) is 23.6 Å². The molecule has 0 aromatic heterocycles. The molecule has 2 aliphatic rings. The summed E-state index contributed by atoms with van der Waals surface area (Å²) in [6.07, 6.45) is 7.69. The third-order valence-electron chi connectivity index (χ3n) is 3.85. The minimum atomic E-state index is 0.489. The minimum absolute atomic E-state index is 0.489. The lowest BCUT2D eigenvalue weighted by Gasteiger charge is -2.11. The normalized spacial score (nSPS) is 39.4. The lowest BCUT2D eigenvalue weighted by atomic mass is 10.1. The molecule has 0 aromatic carbocycles. The number of hydrogen-bond acceptors (Lipinski definition) is 4. The maximum atomic E-state index is 5.91. The Morgan fingerprint density at radius 2 is 1.19 bits per heavy atom. The van der Waals surface area contributed by atoms with Crippen LogP contribution in [0.5, 0.6) is 0 Å². The first-order chi connectivity index (χ1) is 7.74. The third-order valence-corrected chi connectivity index (χ3v) is 6.55. The fraction of sp³-hybridized carbons (Fsp3) is 1.00. The predicted octanol–water partition coefficient (Wildman–Crippen LogP) is 2.62. The summed E-state index contributed by atoms with van der Waals surface area (Å²) >= 11 is 0. The summed E-state index contributed by atoms with van der Waals surface area (Å²) in [6, 6.07) is 0.979. The van der Waals surface area contributed by atoms with E-state index in [2.05, 4.69) is 21.6 Å². The highest BCUT2D eigenvalue weighted by atomic mass is 33.1. The second-order valence-corrected chi connectivity index (χ2v) is 8.00. The van der Waals surface area contributed by atoms with E-state index in [-0.39, 0.29) is 0 Å². The van der Waals surface area contributed by atoms with Crippen molar-refractivity contribution in [2.45, 2.75) is 50.6 Å². The van der Waals surface area contributed by atoms with Gasteiger partial charge in [-0.25, -0.2) is 0 Å². The van der Waals surface area contributed by atoms with Gasteiger partial charge in [-0.3, -0.25) is 0 Å². The van der Waals surface area contributed by atoms with E-state index >= 15 is 0 Å². The molecule has 0 unspecified atom stereocenters. The van der Waals surface area contributed by atoms with Crippen LogP contribution in [0.15, 0.2) is 0 Å². The Morgan fingerprint density at radius 3 is 1.50 bits per heavy atom. The lowest BCUT2D eigenvalue weighted by molar-refractivity contribution is 0.602. The molecule has 2 rings (SSSR count). The molecule has 0 saturated heterocycles. The molecule has 2 aliphatic carbocycles. The summed E-state index contributed by atoms with van der Waals surface area (Å²) in [5, 5.41) is 0. The van der Waals surface area contributed by atoms with E-state index in [1.807, 2.05) is 0 Å². The highest BCUT2D eigenvalue weighted by Gasteiger charge is 2.23. The van der Waals surface area contributed by atoms with Crippen LogP contribution in [-0.2, 0) is 0 Å². The molecule has 0 heterocycles. The zero-order valence-corrected chi connectivity index (χ0v) is 11.6. The maximum Gasteiger partial charge on any atom is 0.00659 e. The molecule has 2 saturated carbocycles. The Morgan fingerprint density at radius 1 is 0.750 bits per heavy atom. The van der Waals surface area contributed by atoms with E-state index < -0.39 is 0 Å². The van der Waals surface area contributed by atoms with E-state index in [1.165, 1.54) is 50.0 Å². The second kappa shape index (κ2) is 6.53. The summed E-state index contributed by atoms with van der Waals surface area (Å²) in [4.78, 5) is 0. The van der Waals surface area contributed by atoms with Crippen molar-refractivity contribution in [2.75, 3.05) is 11.5 Å². The van der Waals surface area contributed by atoms with Crippen molar-refractivity contribution in [1.29, 1.82) is 0 Å². The third kappa shape index (κ3) is 4.13. The van der Waals surface area contributed by atoms with Gasteiger partial charge in [-0.2, -0.15) is 0 Å². The van der Waals surface area contributed by atoms with Crippen molar-refractivity contribution in [3.8, 4) is 0 Å². The van der Waals surface area contributed by atoms with Crippen molar-refractivity contribution in [2.24, 2.45) is 23.3 Å². The molecule has 0 radical (unpaired) electrons. The number of rotatable bonds is 5. The van der Waals surface area contributed by atoms with E-state index in [0.29, 0.717) is 12.1 Å². The number of nitrogens with two attached hydrogens (primary N) is 2. The Balaban J connectivity index is 1.49. The van der Waals surface area contributed by atoms with Crippen molar-refractivity contribution in [3.63, 3.8) is 0 Å². The summed E-state index contributed by atoms with van der Waals surface area (Å²) in [5.41, 5.74) is 11.8. The van der Waals surface area contributed by atoms with Gasteiger partial charge in [-0.15, -0.1) is 0 Å². The average molecular weight is 260 g/mol. The Bertz CT molecular complexity index is 191. The summed E-state index contributed by atoms with van der Waals surface area (Å²) < 4.78 is 0. The largest absolute Gasteiger partial charge is 0.328 e. The molecule has 4 N–H and O–H groups in total. The quantitative estimate of drug-likeness (QED) is 0.589. The first kappa shape index (κ1) is 13.1. The number of hydrogen-bond donors (Lipinski definition) is 2. The Hall–Kier alpha value is 0.620. The SMILES string of the molecule is N[C@@H]1CC[C@H](CSSC[C@@H]2CC[C@H](N)C2)C1. The van der Waals surface area contributed by atoms with Crippen LogP contribution in [0.1, 0.15) is 38.5 Å². The molecule has 0 bridgehead atoms. The molecule has 0 amide bonds. The maximum absolute atomic E-state index is 5.91. The second-order valence-electron chi connectivity index (χ2n) is 5.45. The van der Waals surface area contributed by atoms with E-state index in [1.54, 1.807) is 0 Å². The van der Waals surface area contributed by atoms with Crippen LogP contribution in [0.3, 0.4) is 0 Å². The van der Waals surface area contributed by atoms with Crippen molar-refractivity contribution in [3.05, 3.63) is 0 Å². The summed E-state index contributed by atoms with van der Waals surface area (Å²) in [6.45, 7) is 0. The molecular weight excluding hydrogens is 236 g/mol. The molecule has 4 atom stereocenters. The van der Waals surface area contributed by atoms with Gasteiger partial charge in [-0.1, -0.05) is 21.6 Å². The van der Waals surface area contributed by atoms with Gasteiger partial charge >= 0.3 is 0 Å². The minimum Gasteiger partial charge on any atom is -0.328 e. The van der Waals surface area contributed by atoms with E-state index in [9.17, 15) is 0 Å². The predicted molar refractivity (Wildman–Crippen MR) is 75.5 cm³/mol. The molecule has 2 fully saturated rings. The smallest absolute Gasteiger partial charge is 0.00659 e. The van der Waals surface area contributed by atoms with Crippen molar-refractivity contribution in [1.82, 2.24) is 0 Å². The first-order valence-electron chi connectivity index (χ1n) is 6.49. The van der Waals surface area contributed by atoms with Crippen LogP contribution in [-0.4, -0.2) is 23.6 Å². The molecule has 0 aromatic rings. The monoisotopic (exact) mass is 260 g/mol. The van der Waals surface area contributed by atoms with Crippen LogP contribution < -0.4 is 11.5 Å². The molecule has 2 nitrogen and oxygen atoms in total. The molecule has 0 spiro atoms. The van der Waals surface area contributed by atoms with Gasteiger partial charge in [0.25, 0.3) is 0 Å². The van der Waals surface area contributed by atoms with Crippen LogP contribution in [0.25, 0.3) is 0 Å². The lowest BCUT2D eigenvalue weighted by Crippen LogP contribution is -2.15. The van der Waals surface area contributed by atoms with Crippen LogP contribution in [0, 0.1) is 11.8 Å². The Kier molecular flexibility index (Phi) is 5.33. The average Bonchev–Trinajstić information content (AvgIpc) is 2.83. The molecule has 0 aliphatic heterocycles. The van der Waals surface area contributed by atoms with Crippen molar-refractivity contribution < 1.29 is 0 Å². The fourth-order valence-electron chi connectivity index (χ4n) is 2.82. The van der Waals surface area contributed by atoms with Crippen LogP contribution in [0.4, 0.5) is 0 Å². The van der Waals surface area contributed by atoms with Crippen LogP contribution in [0.2, 0.25) is 0 Å². The van der Waals surface area contributed by atoms with Crippen molar-refractivity contribution >= 4 is 21.6 Å². The van der Waals surface area contributed by atoms with Gasteiger partial charge in [0.05, 0.1) is 0 Å². The van der Waals surface area contributed by atoms with Gasteiger partial charge in [0.1, 0.15) is 0 Å². The zero-order chi connectivity index (χ0) is 11.4. The molecule has 16 heavy (non-hydrogen) atoms. The van der Waals surface area contributed by atoms with Gasteiger partial charge < -0.3 is 11.5 Å². The van der Waals surface area contributed by atoms with Gasteiger partial charge in [0.15, 0.2) is 0 Å². The molecule has 94 valence electrons. The topological polar surface area (TPSA) is 52.0 Å². The summed E-state index contributed by atoms with van der Waals surface area (Å²) in [7, 11) is 4.12. The fourth-order valence-corrected chi connectivity index (χ4v) is 5.73. The first-order valence-corrected chi connectivity index (χ1v) is 8.98. The summed E-state index contributed by atoms with van der Waals surface area (Å²) in [5.74, 6) is 4.38. The zero-order valence-electron chi connectivity index (χ0n) is 9.94. The van der Waals surface area contributed by atoms with Gasteiger partial charge in [0.2, 0.25) is 0 Å². The molecular formula is C12H24N2S2. The Labute approximate surface area is 107 Å².